The van der Waals surface area contributed by atoms with Crippen LogP contribution in [0.3, 0.4) is 0 Å². The number of hydrogen-bond acceptors (Lipinski definition) is 7. The van der Waals surface area contributed by atoms with Gasteiger partial charge in [0.2, 0.25) is 5.91 Å². The van der Waals surface area contributed by atoms with Gasteiger partial charge in [0.25, 0.3) is 5.91 Å². The zero-order valence-electron chi connectivity index (χ0n) is 19.8. The summed E-state index contributed by atoms with van der Waals surface area (Å²) in [5, 5.41) is 20.9. The summed E-state index contributed by atoms with van der Waals surface area (Å²) in [6.07, 6.45) is 1.99. The third-order valence-corrected chi connectivity index (χ3v) is 6.43. The molecule has 0 radical (unpaired) electrons. The molecule has 0 saturated carbocycles. The highest BCUT2D eigenvalue weighted by Crippen LogP contribution is 2.29. The van der Waals surface area contributed by atoms with Gasteiger partial charge in [-0.25, -0.2) is 4.98 Å². The molecule has 35 heavy (non-hydrogen) atoms. The van der Waals surface area contributed by atoms with Crippen LogP contribution in [0.1, 0.15) is 47.1 Å². The van der Waals surface area contributed by atoms with Crippen molar-refractivity contribution < 1.29 is 19.4 Å². The minimum Gasteiger partial charge on any atom is -0.496 e. The van der Waals surface area contributed by atoms with Crippen LogP contribution in [0, 0.1) is 0 Å². The van der Waals surface area contributed by atoms with Gasteiger partial charge in [0.05, 0.1) is 25.2 Å². The number of ether oxygens (including phenoxy) is 1. The third-order valence-electron chi connectivity index (χ3n) is 6.43. The summed E-state index contributed by atoms with van der Waals surface area (Å²) in [6.45, 7) is 3.41. The summed E-state index contributed by atoms with van der Waals surface area (Å²) < 4.78 is 7.57. The van der Waals surface area contributed by atoms with E-state index < -0.39 is 6.10 Å². The molecule has 182 valence electrons. The Labute approximate surface area is 203 Å². The molecule has 1 aromatic carbocycles. The molecule has 0 spiro atoms. The lowest BCUT2D eigenvalue weighted by Gasteiger charge is -2.30. The quantitative estimate of drug-likeness (QED) is 0.559. The number of aliphatic hydroxyl groups is 1. The first kappa shape index (κ1) is 23.0. The number of benzene rings is 1. The maximum absolute atomic E-state index is 13.2. The third kappa shape index (κ3) is 4.61. The molecular formula is C25H28N6O4. The Hall–Kier alpha value is -3.79. The van der Waals surface area contributed by atoms with Gasteiger partial charge in [-0.05, 0) is 55.2 Å². The van der Waals surface area contributed by atoms with E-state index in [1.165, 1.54) is 7.11 Å². The first-order chi connectivity index (χ1) is 16.9. The number of nitrogens with zero attached hydrogens (tertiary/aromatic N) is 5. The van der Waals surface area contributed by atoms with Crippen LogP contribution in [-0.2, 0) is 30.7 Å². The number of nitrogens with one attached hydrogen (secondary N) is 1. The highest BCUT2D eigenvalue weighted by molar-refractivity contribution is 6.06. The topological polar surface area (TPSA) is 122 Å². The average Bonchev–Trinajstić information content (AvgIpc) is 3.46. The van der Waals surface area contributed by atoms with Gasteiger partial charge >= 0.3 is 0 Å². The fourth-order valence-electron chi connectivity index (χ4n) is 4.68. The van der Waals surface area contributed by atoms with Gasteiger partial charge < -0.3 is 24.6 Å². The van der Waals surface area contributed by atoms with Crippen LogP contribution in [-0.4, -0.2) is 61.3 Å². The molecule has 3 aromatic rings. The van der Waals surface area contributed by atoms with Crippen molar-refractivity contribution in [3.8, 4) is 17.3 Å². The Morgan fingerprint density at radius 3 is 2.83 bits per heavy atom. The number of methoxy groups -OCH3 is 1. The number of carbonyl (C=O) groups is 2. The molecule has 0 bridgehead atoms. The van der Waals surface area contributed by atoms with Crippen molar-refractivity contribution in [2.75, 3.05) is 19.0 Å². The number of anilines is 1. The molecule has 10 nitrogen and oxygen atoms in total. The monoisotopic (exact) mass is 476 g/mol. The molecular weight excluding hydrogens is 448 g/mol. The van der Waals surface area contributed by atoms with E-state index in [0.29, 0.717) is 48.2 Å². The van der Waals surface area contributed by atoms with Gasteiger partial charge in [-0.2, -0.15) is 0 Å². The first-order valence-corrected chi connectivity index (χ1v) is 11.8. The second-order valence-corrected chi connectivity index (χ2v) is 9.00. The lowest BCUT2D eigenvalue weighted by Crippen LogP contribution is -2.37. The highest BCUT2D eigenvalue weighted by atomic mass is 16.5. The molecule has 2 N–H and O–H groups in total. The van der Waals surface area contributed by atoms with Crippen LogP contribution < -0.4 is 10.1 Å². The van der Waals surface area contributed by atoms with E-state index in [0.717, 1.165) is 36.3 Å². The van der Waals surface area contributed by atoms with E-state index in [-0.39, 0.29) is 18.2 Å². The average molecular weight is 477 g/mol. The van der Waals surface area contributed by atoms with Crippen LogP contribution in [0.25, 0.3) is 11.5 Å². The van der Waals surface area contributed by atoms with Crippen molar-refractivity contribution in [3.63, 3.8) is 0 Å². The van der Waals surface area contributed by atoms with Crippen LogP contribution in [0.15, 0.2) is 30.3 Å². The Balaban J connectivity index is 1.38. The number of rotatable bonds is 6. The van der Waals surface area contributed by atoms with Gasteiger partial charge in [-0.3, -0.25) is 9.59 Å². The molecule has 2 aliphatic rings. The SMILES string of the molecule is COc1cc2c(cc1C(=O)Nc1cccc(-c3nnc4n3CCC4)n1)CN(C(=O)C[C@H](C)O)CC2. The normalized spacial score (nSPS) is 15.3. The lowest BCUT2D eigenvalue weighted by molar-refractivity contribution is -0.133. The molecule has 10 heteroatoms. The van der Waals surface area contributed by atoms with Crippen molar-refractivity contribution in [3.05, 3.63) is 52.8 Å². The maximum Gasteiger partial charge on any atom is 0.260 e. The van der Waals surface area contributed by atoms with E-state index in [2.05, 4.69) is 25.1 Å². The van der Waals surface area contributed by atoms with Crippen molar-refractivity contribution in [2.45, 2.75) is 51.8 Å². The molecule has 5 rings (SSSR count). The molecule has 2 aliphatic heterocycles. The molecule has 4 heterocycles. The molecule has 0 saturated heterocycles. The maximum atomic E-state index is 13.2. The Kier molecular flexibility index (Phi) is 6.21. The molecule has 2 amide bonds. The Bertz CT molecular complexity index is 1280. The van der Waals surface area contributed by atoms with Gasteiger partial charge in [-0.1, -0.05) is 6.07 Å². The van der Waals surface area contributed by atoms with E-state index in [1.54, 1.807) is 24.0 Å². The number of aliphatic hydroxyl groups excluding tert-OH is 1. The summed E-state index contributed by atoms with van der Waals surface area (Å²) in [6, 6.07) is 9.04. The highest BCUT2D eigenvalue weighted by Gasteiger charge is 2.25. The smallest absolute Gasteiger partial charge is 0.260 e. The summed E-state index contributed by atoms with van der Waals surface area (Å²) in [4.78, 5) is 32.0. The summed E-state index contributed by atoms with van der Waals surface area (Å²) in [5.41, 5.74) is 2.95. The van der Waals surface area contributed by atoms with Gasteiger partial charge in [-0.15, -0.1) is 10.2 Å². The zero-order chi connectivity index (χ0) is 24.5. The van der Waals surface area contributed by atoms with E-state index in [4.69, 9.17) is 4.74 Å². The van der Waals surface area contributed by atoms with Crippen LogP contribution in [0.5, 0.6) is 5.75 Å². The lowest BCUT2D eigenvalue weighted by atomic mass is 9.95. The number of aromatic nitrogens is 4. The molecule has 2 aromatic heterocycles. The second-order valence-electron chi connectivity index (χ2n) is 9.00. The van der Waals surface area contributed by atoms with Crippen LogP contribution in [0.2, 0.25) is 0 Å². The van der Waals surface area contributed by atoms with Crippen LogP contribution in [0.4, 0.5) is 5.82 Å². The largest absolute Gasteiger partial charge is 0.496 e. The Morgan fingerprint density at radius 2 is 2.03 bits per heavy atom. The second kappa shape index (κ2) is 9.46. The summed E-state index contributed by atoms with van der Waals surface area (Å²) >= 11 is 0. The van der Waals surface area contributed by atoms with Crippen molar-refractivity contribution in [1.29, 1.82) is 0 Å². The number of hydrogen-bond donors (Lipinski definition) is 2. The summed E-state index contributed by atoms with van der Waals surface area (Å²) in [7, 11) is 1.53. The fraction of sp³-hybridized carbons (Fsp3) is 0.400. The molecule has 0 aliphatic carbocycles. The molecule has 0 unspecified atom stereocenters. The van der Waals surface area contributed by atoms with Crippen molar-refractivity contribution >= 4 is 17.6 Å². The minimum atomic E-state index is -0.691. The number of aryl methyl sites for hydroxylation is 1. The van der Waals surface area contributed by atoms with Crippen molar-refractivity contribution in [2.24, 2.45) is 0 Å². The van der Waals surface area contributed by atoms with E-state index >= 15 is 0 Å². The number of fused-ring (bicyclic) bond motifs is 2. The minimum absolute atomic E-state index is 0.0795. The van der Waals surface area contributed by atoms with Gasteiger partial charge in [0, 0.05) is 26.1 Å². The number of carbonyl (C=O) groups excluding carboxylic acids is 2. The van der Waals surface area contributed by atoms with Crippen molar-refractivity contribution in [1.82, 2.24) is 24.6 Å². The predicted octanol–water partition coefficient (Wildman–Crippen LogP) is 2.20. The summed E-state index contributed by atoms with van der Waals surface area (Å²) in [5.74, 6) is 2.06. The van der Waals surface area contributed by atoms with E-state index in [9.17, 15) is 14.7 Å². The standard InChI is InChI=1S/C25H28N6O4/c1-15(32)11-23(33)30-10-8-16-13-20(35-2)18(12-17(16)14-30)25(34)27-21-6-3-5-19(26-21)24-29-28-22-7-4-9-31(22)24/h3,5-6,12-13,15,32H,4,7-11,14H2,1-2H3,(H,26,27,34)/t15-/m0/s1. The van der Waals surface area contributed by atoms with E-state index in [1.807, 2.05) is 18.2 Å². The first-order valence-electron chi connectivity index (χ1n) is 11.8. The molecule has 0 fully saturated rings. The van der Waals surface area contributed by atoms with Gasteiger partial charge in [0.1, 0.15) is 23.1 Å². The number of pyridine rings is 1. The predicted molar refractivity (Wildman–Crippen MR) is 128 cm³/mol. The number of amides is 2. The fourth-order valence-corrected chi connectivity index (χ4v) is 4.68. The van der Waals surface area contributed by atoms with Gasteiger partial charge in [0.15, 0.2) is 5.82 Å². The Morgan fingerprint density at radius 1 is 1.17 bits per heavy atom. The van der Waals surface area contributed by atoms with Crippen LogP contribution >= 0.6 is 0 Å². The zero-order valence-corrected chi connectivity index (χ0v) is 19.8. The molecule has 1 atom stereocenters.